The molecule has 0 saturated carbocycles. The summed E-state index contributed by atoms with van der Waals surface area (Å²) in [6, 6.07) is 13.3. The topological polar surface area (TPSA) is 26.3 Å². The molecule has 0 spiro atoms. The molecule has 1 aliphatic carbocycles. The minimum atomic E-state index is -0.429. The van der Waals surface area contributed by atoms with Crippen LogP contribution in [0.3, 0.4) is 0 Å². The molecule has 2 nitrogen and oxygen atoms in total. The third kappa shape index (κ3) is 5.52. The Kier molecular flexibility index (Phi) is 6.83. The van der Waals surface area contributed by atoms with E-state index in [0.717, 1.165) is 24.0 Å². The monoisotopic (exact) mass is 420 g/mol. The maximum atomic E-state index is 13.7. The van der Waals surface area contributed by atoms with Gasteiger partial charge in [0.15, 0.2) is 0 Å². The fraction of sp³-hybridized carbons (Fsp3) is 0.393. The Labute approximate surface area is 185 Å². The summed E-state index contributed by atoms with van der Waals surface area (Å²) in [5.41, 5.74) is 6.18. The maximum absolute atomic E-state index is 13.7. The standard InChI is InChI=1S/C28H33FO2/c1-27(2)16-17-28(3,4)25-18-20(12-14-24(25)27)8-6-9-21(13-15-26(30)31-5)22-10-7-11-23(29)19-22/h7,9-15,18-19H,6,8,16-17H2,1-5H3. The predicted molar refractivity (Wildman–Crippen MR) is 126 cm³/mol. The summed E-state index contributed by atoms with van der Waals surface area (Å²) in [4.78, 5) is 11.5. The van der Waals surface area contributed by atoms with Gasteiger partial charge in [-0.2, -0.15) is 0 Å². The summed E-state index contributed by atoms with van der Waals surface area (Å²) < 4.78 is 18.4. The van der Waals surface area contributed by atoms with Crippen molar-refractivity contribution in [3.63, 3.8) is 0 Å². The number of rotatable bonds is 6. The zero-order valence-corrected chi connectivity index (χ0v) is 19.3. The van der Waals surface area contributed by atoms with Crippen LogP contribution in [0.1, 0.15) is 69.2 Å². The average Bonchev–Trinajstić information content (AvgIpc) is 2.73. The summed E-state index contributed by atoms with van der Waals surface area (Å²) >= 11 is 0. The summed E-state index contributed by atoms with van der Waals surface area (Å²) in [6.45, 7) is 9.35. The second kappa shape index (κ2) is 9.21. The Balaban J connectivity index is 1.84. The first kappa shape index (κ1) is 23.0. The van der Waals surface area contributed by atoms with E-state index in [4.69, 9.17) is 4.74 Å². The van der Waals surface area contributed by atoms with E-state index in [-0.39, 0.29) is 16.6 Å². The number of hydrogen-bond acceptors (Lipinski definition) is 2. The molecule has 1 aliphatic rings. The molecule has 0 bridgehead atoms. The van der Waals surface area contributed by atoms with Crippen LogP contribution in [0.15, 0.2) is 60.7 Å². The van der Waals surface area contributed by atoms with Crippen molar-refractivity contribution < 1.29 is 13.9 Å². The summed E-state index contributed by atoms with van der Waals surface area (Å²) in [5.74, 6) is -0.726. The number of methoxy groups -OCH3 is 1. The number of halogens is 1. The second-order valence-corrected chi connectivity index (χ2v) is 9.71. The van der Waals surface area contributed by atoms with Crippen molar-refractivity contribution >= 4 is 11.5 Å². The lowest BCUT2D eigenvalue weighted by Crippen LogP contribution is -2.33. The quantitative estimate of drug-likeness (QED) is 0.288. The van der Waals surface area contributed by atoms with Crippen LogP contribution in [-0.4, -0.2) is 13.1 Å². The van der Waals surface area contributed by atoms with E-state index in [1.807, 2.05) is 6.07 Å². The SMILES string of the molecule is COC(=O)C=CC(=CCCc1ccc2c(c1)C(C)(C)CCC2(C)C)c1cccc(F)c1. The lowest BCUT2D eigenvalue weighted by Gasteiger charge is -2.42. The Hall–Kier alpha value is -2.68. The molecule has 31 heavy (non-hydrogen) atoms. The molecule has 164 valence electrons. The van der Waals surface area contributed by atoms with Gasteiger partial charge in [0.2, 0.25) is 0 Å². The number of aryl methyl sites for hydroxylation is 1. The first-order chi connectivity index (χ1) is 14.6. The van der Waals surface area contributed by atoms with Crippen molar-refractivity contribution in [1.29, 1.82) is 0 Å². The number of benzene rings is 2. The van der Waals surface area contributed by atoms with Crippen LogP contribution in [0.2, 0.25) is 0 Å². The van der Waals surface area contributed by atoms with Gasteiger partial charge in [0.1, 0.15) is 5.82 Å². The number of allylic oxidation sites excluding steroid dienone is 3. The molecule has 3 heteroatoms. The highest BCUT2D eigenvalue weighted by Gasteiger charge is 2.36. The van der Waals surface area contributed by atoms with Gasteiger partial charge in [0, 0.05) is 6.08 Å². The second-order valence-electron chi connectivity index (χ2n) is 9.71. The van der Waals surface area contributed by atoms with E-state index >= 15 is 0 Å². The van der Waals surface area contributed by atoms with Crippen LogP contribution >= 0.6 is 0 Å². The van der Waals surface area contributed by atoms with Gasteiger partial charge in [-0.3, -0.25) is 0 Å². The van der Waals surface area contributed by atoms with Gasteiger partial charge in [-0.15, -0.1) is 0 Å². The van der Waals surface area contributed by atoms with Crippen molar-refractivity contribution in [3.05, 3.63) is 88.8 Å². The maximum Gasteiger partial charge on any atom is 0.330 e. The highest BCUT2D eigenvalue weighted by molar-refractivity contribution is 5.87. The normalized spacial score (nSPS) is 17.4. The van der Waals surface area contributed by atoms with Gasteiger partial charge in [-0.1, -0.05) is 64.1 Å². The van der Waals surface area contributed by atoms with Gasteiger partial charge in [0.05, 0.1) is 7.11 Å². The number of hydrogen-bond donors (Lipinski definition) is 0. The van der Waals surface area contributed by atoms with E-state index in [1.54, 1.807) is 12.1 Å². The minimum absolute atomic E-state index is 0.187. The average molecular weight is 421 g/mol. The van der Waals surface area contributed by atoms with Gasteiger partial charge in [-0.25, -0.2) is 9.18 Å². The van der Waals surface area contributed by atoms with Crippen molar-refractivity contribution in [2.24, 2.45) is 0 Å². The lowest BCUT2D eigenvalue weighted by atomic mass is 9.63. The third-order valence-corrected chi connectivity index (χ3v) is 6.47. The van der Waals surface area contributed by atoms with E-state index in [9.17, 15) is 9.18 Å². The number of esters is 1. The van der Waals surface area contributed by atoms with Crippen LogP contribution in [0, 0.1) is 5.82 Å². The summed E-state index contributed by atoms with van der Waals surface area (Å²) in [5, 5.41) is 0. The van der Waals surface area contributed by atoms with E-state index in [1.165, 1.54) is 54.9 Å². The molecule has 0 aliphatic heterocycles. The Morgan fingerprint density at radius 2 is 1.71 bits per heavy atom. The molecule has 0 heterocycles. The summed E-state index contributed by atoms with van der Waals surface area (Å²) in [7, 11) is 1.34. The minimum Gasteiger partial charge on any atom is -0.466 e. The zero-order chi connectivity index (χ0) is 22.6. The van der Waals surface area contributed by atoms with Crippen LogP contribution in [0.5, 0.6) is 0 Å². The first-order valence-electron chi connectivity index (χ1n) is 11.0. The Bertz CT molecular complexity index is 1010. The number of carbonyl (C=O) groups is 1. The van der Waals surface area contributed by atoms with Gasteiger partial charge in [-0.05, 0) is 82.5 Å². The molecular weight excluding hydrogens is 387 g/mol. The highest BCUT2D eigenvalue weighted by Crippen LogP contribution is 2.45. The predicted octanol–water partition coefficient (Wildman–Crippen LogP) is 6.92. The molecule has 2 aromatic rings. The Morgan fingerprint density at radius 3 is 2.39 bits per heavy atom. The molecule has 0 fully saturated rings. The van der Waals surface area contributed by atoms with E-state index in [2.05, 4.69) is 52.0 Å². The van der Waals surface area contributed by atoms with Crippen LogP contribution < -0.4 is 0 Å². The Morgan fingerprint density at radius 1 is 1.00 bits per heavy atom. The molecule has 3 rings (SSSR count). The van der Waals surface area contributed by atoms with Gasteiger partial charge in [0.25, 0.3) is 0 Å². The molecule has 0 atom stereocenters. The highest BCUT2D eigenvalue weighted by atomic mass is 19.1. The third-order valence-electron chi connectivity index (χ3n) is 6.47. The van der Waals surface area contributed by atoms with Crippen LogP contribution in [0.25, 0.3) is 5.57 Å². The lowest BCUT2D eigenvalue weighted by molar-refractivity contribution is -0.134. The summed E-state index contributed by atoms with van der Waals surface area (Å²) in [6.07, 6.45) is 9.20. The molecule has 0 saturated heterocycles. The van der Waals surface area contributed by atoms with Gasteiger partial charge < -0.3 is 4.74 Å². The molecular formula is C28H33FO2. The van der Waals surface area contributed by atoms with Crippen molar-refractivity contribution in [3.8, 4) is 0 Å². The largest absolute Gasteiger partial charge is 0.466 e. The number of fused-ring (bicyclic) bond motifs is 1. The zero-order valence-electron chi connectivity index (χ0n) is 19.3. The molecule has 0 unspecified atom stereocenters. The number of ether oxygens (including phenoxy) is 1. The first-order valence-corrected chi connectivity index (χ1v) is 11.0. The molecule has 0 radical (unpaired) electrons. The van der Waals surface area contributed by atoms with Crippen molar-refractivity contribution in [2.75, 3.05) is 7.11 Å². The smallest absolute Gasteiger partial charge is 0.330 e. The van der Waals surface area contributed by atoms with Gasteiger partial charge >= 0.3 is 5.97 Å². The van der Waals surface area contributed by atoms with Crippen LogP contribution in [-0.2, 0) is 26.8 Å². The van der Waals surface area contributed by atoms with Crippen molar-refractivity contribution in [2.45, 2.75) is 64.2 Å². The van der Waals surface area contributed by atoms with E-state index in [0.29, 0.717) is 0 Å². The molecule has 0 aromatic heterocycles. The fourth-order valence-corrected chi connectivity index (χ4v) is 4.36. The molecule has 2 aromatic carbocycles. The van der Waals surface area contributed by atoms with Crippen molar-refractivity contribution in [1.82, 2.24) is 0 Å². The fourth-order valence-electron chi connectivity index (χ4n) is 4.36. The van der Waals surface area contributed by atoms with Crippen LogP contribution in [0.4, 0.5) is 4.39 Å². The number of carbonyl (C=O) groups excluding carboxylic acids is 1. The molecule has 0 amide bonds. The van der Waals surface area contributed by atoms with E-state index < -0.39 is 5.97 Å². The molecule has 0 N–H and O–H groups in total.